The van der Waals surface area contributed by atoms with Gasteiger partial charge in [0.15, 0.2) is 0 Å². The van der Waals surface area contributed by atoms with E-state index in [4.69, 9.17) is 11.6 Å². The van der Waals surface area contributed by atoms with E-state index in [0.717, 1.165) is 4.90 Å². The maximum atomic E-state index is 11.5. The van der Waals surface area contributed by atoms with Crippen LogP contribution in [0.1, 0.15) is 20.3 Å². The third-order valence-corrected chi connectivity index (χ3v) is 2.71. The van der Waals surface area contributed by atoms with Crippen LogP contribution >= 0.6 is 11.6 Å². The van der Waals surface area contributed by atoms with E-state index < -0.39 is 17.2 Å². The van der Waals surface area contributed by atoms with E-state index in [0.29, 0.717) is 19.5 Å². The maximum Gasteiger partial charge on any atom is 0.323 e. The molecule has 0 aromatic rings. The molecule has 15 heavy (non-hydrogen) atoms. The zero-order valence-corrected chi connectivity index (χ0v) is 9.45. The summed E-state index contributed by atoms with van der Waals surface area (Å²) in [7, 11) is 0. The molecule has 1 fully saturated rings. The molecule has 0 aliphatic carbocycles. The van der Waals surface area contributed by atoms with Gasteiger partial charge in [-0.1, -0.05) is 6.92 Å². The molecule has 1 atom stereocenters. The minimum Gasteiger partial charge on any atom is -0.333 e. The molecule has 1 aliphatic rings. The molecular formula is C9H13ClN2O3. The lowest BCUT2D eigenvalue weighted by Gasteiger charge is -2.37. The Hall–Kier alpha value is -1.10. The molecule has 6 heteroatoms. The smallest absolute Gasteiger partial charge is 0.323 e. The first-order chi connectivity index (χ1) is 7.02. The summed E-state index contributed by atoms with van der Waals surface area (Å²) in [5.41, 5.74) is 0. The number of hydrogen-bond acceptors (Lipinski definition) is 3. The lowest BCUT2D eigenvalue weighted by atomic mass is 10.1. The minimum atomic E-state index is -0.879. The summed E-state index contributed by atoms with van der Waals surface area (Å²) in [6.07, 6.45) is 0.591. The minimum absolute atomic E-state index is 0.305. The third-order valence-electron chi connectivity index (χ3n) is 2.53. The van der Waals surface area contributed by atoms with Crippen molar-refractivity contribution in [2.45, 2.75) is 26.3 Å². The van der Waals surface area contributed by atoms with Gasteiger partial charge in [-0.25, -0.2) is 0 Å². The first kappa shape index (κ1) is 12.0. The number of hydrogen-bond donors (Lipinski definition) is 0. The van der Waals surface area contributed by atoms with Crippen molar-refractivity contribution in [3.05, 3.63) is 0 Å². The standard InChI is InChI=1S/C9H13ClN2O3/c1-3-6-5-11(4-2)7(13)8(14)12(6)9(10)15/h6H,3-5H2,1-2H3. The van der Waals surface area contributed by atoms with E-state index >= 15 is 0 Å². The lowest BCUT2D eigenvalue weighted by molar-refractivity contribution is -0.155. The van der Waals surface area contributed by atoms with Gasteiger partial charge in [-0.05, 0) is 24.9 Å². The molecule has 1 heterocycles. The van der Waals surface area contributed by atoms with Gasteiger partial charge in [-0.2, -0.15) is 0 Å². The maximum absolute atomic E-state index is 11.5. The molecule has 1 unspecified atom stereocenters. The second-order valence-corrected chi connectivity index (χ2v) is 3.66. The summed E-state index contributed by atoms with van der Waals surface area (Å²) in [6.45, 7) is 4.46. The topological polar surface area (TPSA) is 57.7 Å². The summed E-state index contributed by atoms with van der Waals surface area (Å²) in [5.74, 6) is -1.48. The number of imide groups is 1. The SMILES string of the molecule is CCC1CN(CC)C(=O)C(=O)N1C(=O)Cl. The molecule has 1 rings (SSSR count). The Labute approximate surface area is 93.0 Å². The van der Waals surface area contributed by atoms with Crippen LogP contribution < -0.4 is 0 Å². The average Bonchev–Trinajstić information content (AvgIpc) is 2.20. The van der Waals surface area contributed by atoms with Crippen molar-refractivity contribution >= 4 is 28.8 Å². The predicted octanol–water partition coefficient (Wildman–Crippen LogP) is 0.815. The predicted molar refractivity (Wildman–Crippen MR) is 54.4 cm³/mol. The van der Waals surface area contributed by atoms with Crippen molar-refractivity contribution < 1.29 is 14.4 Å². The summed E-state index contributed by atoms with van der Waals surface area (Å²) in [6, 6.07) is -0.305. The van der Waals surface area contributed by atoms with Crippen LogP contribution in [0.2, 0.25) is 0 Å². The summed E-state index contributed by atoms with van der Waals surface area (Å²) in [4.78, 5) is 36.3. The summed E-state index contributed by atoms with van der Waals surface area (Å²) in [5, 5.41) is -0.879. The van der Waals surface area contributed by atoms with Crippen LogP contribution in [-0.2, 0) is 9.59 Å². The normalized spacial score (nSPS) is 22.2. The first-order valence-corrected chi connectivity index (χ1v) is 5.22. The highest BCUT2D eigenvalue weighted by Gasteiger charge is 2.40. The largest absolute Gasteiger partial charge is 0.333 e. The Morgan fingerprint density at radius 2 is 2.00 bits per heavy atom. The Balaban J connectivity index is 2.95. The van der Waals surface area contributed by atoms with Crippen molar-refractivity contribution in [1.82, 2.24) is 9.80 Å². The van der Waals surface area contributed by atoms with Gasteiger partial charge in [0.05, 0.1) is 6.04 Å². The molecule has 0 bridgehead atoms. The molecular weight excluding hydrogens is 220 g/mol. The number of amides is 3. The van der Waals surface area contributed by atoms with Gasteiger partial charge in [-0.3, -0.25) is 19.3 Å². The summed E-state index contributed by atoms with van der Waals surface area (Å²) >= 11 is 5.28. The second-order valence-electron chi connectivity index (χ2n) is 3.33. The van der Waals surface area contributed by atoms with Gasteiger partial charge in [0.25, 0.3) is 0 Å². The molecule has 3 amide bonds. The van der Waals surface area contributed by atoms with E-state index in [2.05, 4.69) is 0 Å². The van der Waals surface area contributed by atoms with Crippen molar-refractivity contribution in [2.75, 3.05) is 13.1 Å². The van der Waals surface area contributed by atoms with Gasteiger partial charge in [-0.15, -0.1) is 0 Å². The molecule has 1 aliphatic heterocycles. The number of carbonyl (C=O) groups excluding carboxylic acids is 3. The molecule has 0 spiro atoms. The van der Waals surface area contributed by atoms with Crippen LogP contribution in [0.3, 0.4) is 0 Å². The van der Waals surface area contributed by atoms with E-state index in [1.54, 1.807) is 6.92 Å². The molecule has 84 valence electrons. The number of nitrogens with zero attached hydrogens (tertiary/aromatic N) is 2. The number of carbonyl (C=O) groups is 3. The number of rotatable bonds is 2. The zero-order chi connectivity index (χ0) is 11.6. The highest BCUT2D eigenvalue weighted by molar-refractivity contribution is 6.65. The Bertz CT molecular complexity index is 306. The van der Waals surface area contributed by atoms with Crippen molar-refractivity contribution in [1.29, 1.82) is 0 Å². The molecule has 0 aromatic heterocycles. The van der Waals surface area contributed by atoms with E-state index in [1.165, 1.54) is 4.90 Å². The molecule has 0 saturated carbocycles. The first-order valence-electron chi connectivity index (χ1n) is 4.84. The molecule has 0 radical (unpaired) electrons. The highest BCUT2D eigenvalue weighted by atomic mass is 35.5. The van der Waals surface area contributed by atoms with Crippen LogP contribution in [0.5, 0.6) is 0 Å². The highest BCUT2D eigenvalue weighted by Crippen LogP contribution is 2.16. The molecule has 5 nitrogen and oxygen atoms in total. The number of halogens is 1. The molecule has 0 N–H and O–H groups in total. The van der Waals surface area contributed by atoms with Gasteiger partial charge in [0, 0.05) is 13.1 Å². The van der Waals surface area contributed by atoms with Crippen molar-refractivity contribution in [3.8, 4) is 0 Å². The monoisotopic (exact) mass is 232 g/mol. The van der Waals surface area contributed by atoms with Crippen LogP contribution in [-0.4, -0.2) is 46.1 Å². The van der Waals surface area contributed by atoms with Gasteiger partial charge < -0.3 is 4.90 Å². The lowest BCUT2D eigenvalue weighted by Crippen LogP contribution is -2.59. The molecule has 0 aromatic carbocycles. The fraction of sp³-hybridized carbons (Fsp3) is 0.667. The van der Waals surface area contributed by atoms with Crippen molar-refractivity contribution in [3.63, 3.8) is 0 Å². The Kier molecular flexibility index (Phi) is 3.68. The van der Waals surface area contributed by atoms with Crippen LogP contribution in [0, 0.1) is 0 Å². The fourth-order valence-electron chi connectivity index (χ4n) is 1.63. The van der Waals surface area contributed by atoms with E-state index in [9.17, 15) is 14.4 Å². The fourth-order valence-corrected chi connectivity index (χ4v) is 1.85. The van der Waals surface area contributed by atoms with Gasteiger partial charge in [0.1, 0.15) is 0 Å². The van der Waals surface area contributed by atoms with Gasteiger partial charge >= 0.3 is 17.2 Å². The number of likely N-dealkylation sites (N-methyl/N-ethyl adjacent to an activating group) is 1. The molecule has 1 saturated heterocycles. The van der Waals surface area contributed by atoms with E-state index in [1.807, 2.05) is 6.92 Å². The second kappa shape index (κ2) is 4.61. The van der Waals surface area contributed by atoms with Crippen LogP contribution in [0.4, 0.5) is 4.79 Å². The van der Waals surface area contributed by atoms with E-state index in [-0.39, 0.29) is 6.04 Å². The third kappa shape index (κ3) is 2.12. The quantitative estimate of drug-likeness (QED) is 0.402. The van der Waals surface area contributed by atoms with Gasteiger partial charge in [0.2, 0.25) is 0 Å². The van der Waals surface area contributed by atoms with Crippen LogP contribution in [0.15, 0.2) is 0 Å². The van der Waals surface area contributed by atoms with Crippen molar-refractivity contribution in [2.24, 2.45) is 0 Å². The average molecular weight is 233 g/mol. The Morgan fingerprint density at radius 1 is 1.40 bits per heavy atom. The Morgan fingerprint density at radius 3 is 2.40 bits per heavy atom. The zero-order valence-electron chi connectivity index (χ0n) is 8.70. The number of piperazine rings is 1. The van der Waals surface area contributed by atoms with Crippen LogP contribution in [0.25, 0.3) is 0 Å². The summed E-state index contributed by atoms with van der Waals surface area (Å²) < 4.78 is 0.